The van der Waals surface area contributed by atoms with E-state index in [1.807, 2.05) is 42.1 Å². The highest BCUT2D eigenvalue weighted by atomic mass is 32.2. The highest BCUT2D eigenvalue weighted by molar-refractivity contribution is 7.89. The normalized spacial score (nSPS) is 19.8. The smallest absolute Gasteiger partial charge is 0.241 e. The predicted molar refractivity (Wildman–Crippen MR) is 146 cm³/mol. The lowest BCUT2D eigenvalue weighted by Gasteiger charge is -2.25. The van der Waals surface area contributed by atoms with Crippen molar-refractivity contribution in [2.45, 2.75) is 42.7 Å². The zero-order chi connectivity index (χ0) is 28.0. The molecule has 1 N–H and O–H groups in total. The van der Waals surface area contributed by atoms with Gasteiger partial charge in [0.25, 0.3) is 0 Å². The molecule has 40 heavy (non-hydrogen) atoms. The minimum atomic E-state index is -3.89. The molecule has 3 atom stereocenters. The summed E-state index contributed by atoms with van der Waals surface area (Å²) >= 11 is 0. The number of sulfonamides is 1. The van der Waals surface area contributed by atoms with Gasteiger partial charge in [-0.3, -0.25) is 4.79 Å². The van der Waals surface area contributed by atoms with Gasteiger partial charge in [-0.25, -0.2) is 26.9 Å². The number of nitrogens with one attached hydrogen (secondary N) is 1. The number of hydrogen-bond acceptors (Lipinski definition) is 4. The van der Waals surface area contributed by atoms with Gasteiger partial charge < -0.3 is 9.47 Å². The van der Waals surface area contributed by atoms with E-state index in [-0.39, 0.29) is 35.0 Å². The first-order valence-corrected chi connectivity index (χ1v) is 14.6. The molecule has 0 aliphatic heterocycles. The molecule has 1 fully saturated rings. The minimum Gasteiger partial charge on any atom is -0.337 e. The largest absolute Gasteiger partial charge is 0.337 e. The first-order valence-electron chi connectivity index (χ1n) is 13.1. The van der Waals surface area contributed by atoms with Crippen molar-refractivity contribution in [1.82, 2.24) is 14.3 Å². The fourth-order valence-electron chi connectivity index (χ4n) is 5.51. The van der Waals surface area contributed by atoms with E-state index < -0.39 is 21.9 Å². The quantitative estimate of drug-likeness (QED) is 0.328. The van der Waals surface area contributed by atoms with Crippen molar-refractivity contribution in [3.05, 3.63) is 113 Å². The van der Waals surface area contributed by atoms with Gasteiger partial charge in [-0.1, -0.05) is 18.2 Å². The first-order chi connectivity index (χ1) is 19.2. The van der Waals surface area contributed by atoms with Gasteiger partial charge in [0, 0.05) is 37.1 Å². The molecule has 1 amide bonds. The van der Waals surface area contributed by atoms with Crippen LogP contribution in [-0.2, 0) is 34.8 Å². The zero-order valence-corrected chi connectivity index (χ0v) is 22.6. The van der Waals surface area contributed by atoms with Gasteiger partial charge in [-0.2, -0.15) is 0 Å². The number of benzene rings is 3. The molecule has 1 saturated carbocycles. The second-order valence-electron chi connectivity index (χ2n) is 10.4. The Morgan fingerprint density at radius 1 is 1.07 bits per heavy atom. The molecular formula is C30H28F2N4O3S. The molecule has 1 aromatic heterocycles. The van der Waals surface area contributed by atoms with E-state index in [2.05, 4.69) is 9.71 Å². The van der Waals surface area contributed by atoms with Crippen LogP contribution in [0.5, 0.6) is 0 Å². The third-order valence-electron chi connectivity index (χ3n) is 7.81. The van der Waals surface area contributed by atoms with E-state index in [0.29, 0.717) is 30.8 Å². The molecule has 0 unspecified atom stereocenters. The molecule has 10 heteroatoms. The van der Waals surface area contributed by atoms with Crippen LogP contribution in [0.4, 0.5) is 14.5 Å². The van der Waals surface area contributed by atoms with Crippen LogP contribution in [0.15, 0.2) is 84.0 Å². The number of imidazole rings is 1. The highest BCUT2D eigenvalue weighted by Gasteiger charge is 2.46. The van der Waals surface area contributed by atoms with Gasteiger partial charge in [-0.15, -0.1) is 0 Å². The van der Waals surface area contributed by atoms with Gasteiger partial charge in [0.2, 0.25) is 15.9 Å². The summed E-state index contributed by atoms with van der Waals surface area (Å²) in [6, 6.07) is 16.3. The van der Waals surface area contributed by atoms with Crippen molar-refractivity contribution in [3.8, 4) is 0 Å². The number of carbonyl (C=O) groups excluding carboxylic acids is 1. The molecule has 0 saturated heterocycles. The molecule has 2 aliphatic carbocycles. The van der Waals surface area contributed by atoms with Gasteiger partial charge in [0.05, 0.1) is 11.4 Å². The number of halogens is 2. The average molecular weight is 563 g/mol. The second kappa shape index (κ2) is 10.3. The second-order valence-corrected chi connectivity index (χ2v) is 12.1. The number of amides is 1. The third kappa shape index (κ3) is 5.16. The van der Waals surface area contributed by atoms with Crippen LogP contribution in [-0.4, -0.2) is 23.9 Å². The van der Waals surface area contributed by atoms with E-state index in [9.17, 15) is 22.0 Å². The maximum atomic E-state index is 13.9. The van der Waals surface area contributed by atoms with Crippen LogP contribution >= 0.6 is 0 Å². The lowest BCUT2D eigenvalue weighted by Crippen LogP contribution is -2.33. The Labute approximate surface area is 231 Å². The van der Waals surface area contributed by atoms with Gasteiger partial charge in [0.1, 0.15) is 17.5 Å². The van der Waals surface area contributed by atoms with E-state index in [0.717, 1.165) is 28.8 Å². The van der Waals surface area contributed by atoms with E-state index in [4.69, 9.17) is 0 Å². The average Bonchev–Trinajstić information content (AvgIpc) is 3.50. The standard InChI is InChI=1S/C30H28F2N4O3S/c1-35-14-13-33-29(35)18-36(30(37)27-17-25(27)20-3-2-4-22(32)15-20)23-9-5-19-6-12-28(26(19)16-23)34-40(38,39)24-10-7-21(31)8-11-24/h2-5,7-11,13-16,25,27-28,34H,6,12,17-18H2,1H3/t25-,27+,28+/m1/s1. The van der Waals surface area contributed by atoms with Gasteiger partial charge in [0.15, 0.2) is 0 Å². The number of hydrogen-bond donors (Lipinski definition) is 1. The Morgan fingerprint density at radius 3 is 2.60 bits per heavy atom. The summed E-state index contributed by atoms with van der Waals surface area (Å²) in [5.74, 6) is -0.570. The minimum absolute atomic E-state index is 0.0118. The Balaban J connectivity index is 1.29. The zero-order valence-electron chi connectivity index (χ0n) is 21.8. The summed E-state index contributed by atoms with van der Waals surface area (Å²) in [6.45, 7) is 0.236. The molecule has 1 heterocycles. The Hall–Kier alpha value is -3.89. The number of aromatic nitrogens is 2. The molecule has 0 spiro atoms. The van der Waals surface area contributed by atoms with Gasteiger partial charge >= 0.3 is 0 Å². The van der Waals surface area contributed by atoms with E-state index in [1.165, 1.54) is 24.3 Å². The molecular weight excluding hydrogens is 534 g/mol. The maximum Gasteiger partial charge on any atom is 0.241 e. The van der Waals surface area contributed by atoms with Crippen molar-refractivity contribution in [3.63, 3.8) is 0 Å². The number of carbonyl (C=O) groups is 1. The number of aryl methyl sites for hydroxylation is 2. The molecule has 3 aromatic carbocycles. The lowest BCUT2D eigenvalue weighted by molar-refractivity contribution is -0.120. The fraction of sp³-hybridized carbons (Fsp3) is 0.267. The number of nitrogens with zero attached hydrogens (tertiary/aromatic N) is 3. The van der Waals surface area contributed by atoms with Crippen molar-refractivity contribution in [2.75, 3.05) is 4.90 Å². The Kier molecular flexibility index (Phi) is 6.75. The van der Waals surface area contributed by atoms with Crippen LogP contribution < -0.4 is 9.62 Å². The molecule has 206 valence electrons. The van der Waals surface area contributed by atoms with Crippen LogP contribution in [0.2, 0.25) is 0 Å². The summed E-state index contributed by atoms with van der Waals surface area (Å²) in [6.07, 6.45) is 5.37. The summed E-state index contributed by atoms with van der Waals surface area (Å²) in [5.41, 5.74) is 3.26. The third-order valence-corrected chi connectivity index (χ3v) is 9.30. The van der Waals surface area contributed by atoms with Crippen LogP contribution in [0.1, 0.15) is 47.3 Å². The number of anilines is 1. The van der Waals surface area contributed by atoms with E-state index >= 15 is 0 Å². The van der Waals surface area contributed by atoms with Crippen LogP contribution in [0.25, 0.3) is 0 Å². The fourth-order valence-corrected chi connectivity index (χ4v) is 6.76. The summed E-state index contributed by atoms with van der Waals surface area (Å²) < 4.78 is 57.9. The molecule has 0 radical (unpaired) electrons. The van der Waals surface area contributed by atoms with E-state index in [1.54, 1.807) is 17.2 Å². The molecule has 4 aromatic rings. The molecule has 7 nitrogen and oxygen atoms in total. The first kappa shape index (κ1) is 26.3. The molecule has 6 rings (SSSR count). The van der Waals surface area contributed by atoms with Crippen LogP contribution in [0.3, 0.4) is 0 Å². The molecule has 0 bridgehead atoms. The summed E-state index contributed by atoms with van der Waals surface area (Å²) in [5, 5.41) is 0. The topological polar surface area (TPSA) is 84.3 Å². The Bertz CT molecular complexity index is 1690. The van der Waals surface area contributed by atoms with Crippen LogP contribution in [0, 0.1) is 17.6 Å². The lowest BCUT2D eigenvalue weighted by atomic mass is 10.1. The summed E-state index contributed by atoms with van der Waals surface area (Å²) in [7, 11) is -2.02. The van der Waals surface area contributed by atoms with Crippen molar-refractivity contribution in [2.24, 2.45) is 13.0 Å². The maximum absolute atomic E-state index is 13.9. The van der Waals surface area contributed by atoms with Crippen molar-refractivity contribution in [1.29, 1.82) is 0 Å². The van der Waals surface area contributed by atoms with Gasteiger partial charge in [-0.05, 0) is 90.4 Å². The summed E-state index contributed by atoms with van der Waals surface area (Å²) in [4.78, 5) is 20.0. The number of fused-ring (bicyclic) bond motifs is 1. The monoisotopic (exact) mass is 562 g/mol. The Morgan fingerprint density at radius 2 is 1.88 bits per heavy atom. The van der Waals surface area contributed by atoms with Crippen molar-refractivity contribution >= 4 is 21.6 Å². The molecule has 2 aliphatic rings. The highest BCUT2D eigenvalue weighted by Crippen LogP contribution is 2.49. The SMILES string of the molecule is Cn1ccnc1CN(C(=O)[C@H]1C[C@@H]1c1cccc(F)c1)c1ccc2c(c1)[C@@H](NS(=O)(=O)c1ccc(F)cc1)CC2. The predicted octanol–water partition coefficient (Wildman–Crippen LogP) is 5.00. The van der Waals surface area contributed by atoms with Crippen molar-refractivity contribution < 1.29 is 22.0 Å². The number of rotatable bonds is 8.